The Morgan fingerprint density at radius 3 is 1.93 bits per heavy atom. The molecule has 0 fully saturated rings. The molecule has 27 heavy (non-hydrogen) atoms. The fourth-order valence-corrected chi connectivity index (χ4v) is 6.28. The fraction of sp³-hybridized carbons (Fsp3) is 0.125. The summed E-state index contributed by atoms with van der Waals surface area (Å²) < 4.78 is 55.2. The molecule has 0 amide bonds. The van der Waals surface area contributed by atoms with Gasteiger partial charge >= 0.3 is 0 Å². The fourth-order valence-electron chi connectivity index (χ4n) is 2.30. The monoisotopic (exact) mass is 464 g/mol. The Morgan fingerprint density at radius 2 is 1.41 bits per heavy atom. The molecule has 0 atom stereocenters. The first-order chi connectivity index (χ1) is 12.7. The van der Waals surface area contributed by atoms with Crippen molar-refractivity contribution in [2.24, 2.45) is 0 Å². The van der Waals surface area contributed by atoms with Crippen LogP contribution >= 0.6 is 35.0 Å². The zero-order chi connectivity index (χ0) is 19.7. The molecule has 0 unspecified atom stereocenters. The first-order valence-electron chi connectivity index (χ1n) is 7.62. The van der Waals surface area contributed by atoms with E-state index in [0.717, 1.165) is 0 Å². The van der Waals surface area contributed by atoms with Crippen molar-refractivity contribution in [3.05, 3.63) is 62.8 Å². The molecule has 1 aliphatic rings. The lowest BCUT2D eigenvalue weighted by Gasteiger charge is -2.16. The van der Waals surface area contributed by atoms with Crippen molar-refractivity contribution in [3.63, 3.8) is 0 Å². The summed E-state index contributed by atoms with van der Waals surface area (Å²) in [6, 6.07) is 10.2. The topological polar surface area (TPSA) is 92.3 Å². The quantitative estimate of drug-likeness (QED) is 0.655. The van der Waals surface area contributed by atoms with Gasteiger partial charge in [-0.15, -0.1) is 11.8 Å². The standard InChI is InChI=1S/C16H14Cl2N2O4S3/c17-12-9-14(19-26(21,22)11-5-2-1-3-6-11)15(10-13(12)18)20-27(23,24)16-7-4-8-25-16/h1-3,5-7,9-10,19-20H,4,8H2. The smallest absolute Gasteiger partial charge is 0.267 e. The highest BCUT2D eigenvalue weighted by atomic mass is 35.5. The number of allylic oxidation sites excluding steroid dienone is 1. The van der Waals surface area contributed by atoms with Gasteiger partial charge in [0.05, 0.1) is 26.3 Å². The van der Waals surface area contributed by atoms with Crippen LogP contribution in [0.1, 0.15) is 6.42 Å². The molecule has 0 radical (unpaired) electrons. The van der Waals surface area contributed by atoms with E-state index in [1.807, 2.05) is 0 Å². The van der Waals surface area contributed by atoms with Crippen LogP contribution in [0.25, 0.3) is 0 Å². The lowest BCUT2D eigenvalue weighted by Crippen LogP contribution is -2.17. The van der Waals surface area contributed by atoms with Crippen LogP contribution < -0.4 is 9.44 Å². The first kappa shape index (κ1) is 20.3. The third-order valence-electron chi connectivity index (χ3n) is 3.54. The van der Waals surface area contributed by atoms with Gasteiger partial charge in [0.2, 0.25) is 0 Å². The van der Waals surface area contributed by atoms with Gasteiger partial charge in [0, 0.05) is 5.75 Å². The van der Waals surface area contributed by atoms with Gasteiger partial charge in [-0.1, -0.05) is 47.5 Å². The van der Waals surface area contributed by atoms with Crippen LogP contribution in [0.5, 0.6) is 0 Å². The van der Waals surface area contributed by atoms with Crippen molar-refractivity contribution in [2.75, 3.05) is 15.2 Å². The molecule has 0 spiro atoms. The van der Waals surface area contributed by atoms with E-state index in [1.165, 1.54) is 36.0 Å². The van der Waals surface area contributed by atoms with Crippen LogP contribution in [0.2, 0.25) is 10.0 Å². The van der Waals surface area contributed by atoms with Crippen molar-refractivity contribution < 1.29 is 16.8 Å². The van der Waals surface area contributed by atoms with E-state index >= 15 is 0 Å². The zero-order valence-electron chi connectivity index (χ0n) is 13.6. The molecule has 2 aromatic rings. The molecule has 2 aromatic carbocycles. The Kier molecular flexibility index (Phi) is 5.97. The summed E-state index contributed by atoms with van der Waals surface area (Å²) in [4.78, 5) is 0.0268. The minimum absolute atomic E-state index is 0.0164. The average molecular weight is 465 g/mol. The van der Waals surface area contributed by atoms with Gasteiger partial charge in [0.15, 0.2) is 0 Å². The number of hydrogen-bond acceptors (Lipinski definition) is 5. The van der Waals surface area contributed by atoms with Crippen molar-refractivity contribution in [1.82, 2.24) is 0 Å². The van der Waals surface area contributed by atoms with E-state index in [9.17, 15) is 16.8 Å². The number of nitrogens with one attached hydrogen (secondary N) is 2. The number of halogens is 2. The van der Waals surface area contributed by atoms with Gasteiger partial charge < -0.3 is 0 Å². The van der Waals surface area contributed by atoms with Gasteiger partial charge in [-0.25, -0.2) is 16.8 Å². The molecular formula is C16H14Cl2N2O4S3. The SMILES string of the molecule is O=S(=O)(Nc1cc(Cl)c(Cl)cc1NS(=O)(=O)c1ccccc1)C1=CCCS1. The molecule has 0 aliphatic carbocycles. The largest absolute Gasteiger partial charge is 0.277 e. The predicted octanol–water partition coefficient (Wildman–Crippen LogP) is 4.51. The molecular weight excluding hydrogens is 451 g/mol. The number of rotatable bonds is 6. The molecule has 1 aliphatic heterocycles. The van der Waals surface area contributed by atoms with Crippen LogP contribution in [0, 0.1) is 0 Å². The Bertz CT molecular complexity index is 1100. The van der Waals surface area contributed by atoms with E-state index in [1.54, 1.807) is 24.3 Å². The molecule has 0 saturated heterocycles. The highest BCUT2D eigenvalue weighted by Gasteiger charge is 2.24. The van der Waals surface area contributed by atoms with Crippen molar-refractivity contribution >= 4 is 66.4 Å². The summed E-state index contributed by atoms with van der Waals surface area (Å²) in [7, 11) is -7.79. The number of hydrogen-bond donors (Lipinski definition) is 2. The third-order valence-corrected chi connectivity index (χ3v) is 8.73. The summed E-state index contributed by atoms with van der Waals surface area (Å²) in [5, 5.41) is 0.171. The van der Waals surface area contributed by atoms with Gasteiger partial charge in [-0.3, -0.25) is 9.44 Å². The van der Waals surface area contributed by atoms with Crippen molar-refractivity contribution in [3.8, 4) is 0 Å². The van der Waals surface area contributed by atoms with E-state index in [2.05, 4.69) is 9.44 Å². The lowest BCUT2D eigenvalue weighted by molar-refractivity contribution is 0.600. The first-order valence-corrected chi connectivity index (χ1v) is 12.3. The predicted molar refractivity (Wildman–Crippen MR) is 111 cm³/mol. The van der Waals surface area contributed by atoms with E-state index in [-0.39, 0.29) is 30.6 Å². The second-order valence-electron chi connectivity index (χ2n) is 5.50. The minimum Gasteiger partial charge on any atom is -0.277 e. The molecule has 2 N–H and O–H groups in total. The van der Waals surface area contributed by atoms with Gasteiger partial charge in [0.25, 0.3) is 20.0 Å². The number of sulfonamides is 2. The number of benzene rings is 2. The van der Waals surface area contributed by atoms with Crippen LogP contribution in [0.4, 0.5) is 11.4 Å². The molecule has 1 heterocycles. The van der Waals surface area contributed by atoms with E-state index in [4.69, 9.17) is 23.2 Å². The molecule has 11 heteroatoms. The summed E-state index contributed by atoms with van der Waals surface area (Å²) in [5.74, 6) is 0.672. The second-order valence-corrected chi connectivity index (χ2v) is 11.0. The lowest BCUT2D eigenvalue weighted by atomic mass is 10.3. The van der Waals surface area contributed by atoms with Crippen LogP contribution in [-0.4, -0.2) is 22.6 Å². The maximum Gasteiger partial charge on any atom is 0.267 e. The Morgan fingerprint density at radius 1 is 0.852 bits per heavy atom. The normalized spacial score (nSPS) is 14.7. The highest BCUT2D eigenvalue weighted by Crippen LogP contribution is 2.37. The summed E-state index contributed by atoms with van der Waals surface area (Å²) in [6.45, 7) is 0. The zero-order valence-corrected chi connectivity index (χ0v) is 17.6. The van der Waals surface area contributed by atoms with E-state index in [0.29, 0.717) is 12.2 Å². The molecule has 144 valence electrons. The molecule has 6 nitrogen and oxygen atoms in total. The molecule has 0 bridgehead atoms. The molecule has 0 aromatic heterocycles. The molecule has 0 saturated carbocycles. The Hall–Kier alpha value is -1.39. The Balaban J connectivity index is 1.99. The van der Waals surface area contributed by atoms with Crippen LogP contribution in [0.3, 0.4) is 0 Å². The maximum absolute atomic E-state index is 12.6. The van der Waals surface area contributed by atoms with Gasteiger partial charge in [0.1, 0.15) is 4.24 Å². The summed E-state index contributed by atoms with van der Waals surface area (Å²) in [5.41, 5.74) is -0.0438. The van der Waals surface area contributed by atoms with Gasteiger partial charge in [-0.2, -0.15) is 0 Å². The Labute approximate surface area is 172 Å². The minimum atomic E-state index is -3.95. The van der Waals surface area contributed by atoms with Crippen molar-refractivity contribution in [1.29, 1.82) is 0 Å². The third kappa shape index (κ3) is 4.72. The molecule has 3 rings (SSSR count). The van der Waals surface area contributed by atoms with Crippen molar-refractivity contribution in [2.45, 2.75) is 11.3 Å². The van der Waals surface area contributed by atoms with E-state index < -0.39 is 20.0 Å². The number of anilines is 2. The number of thioether (sulfide) groups is 1. The summed E-state index contributed by atoms with van der Waals surface area (Å²) >= 11 is 13.2. The summed E-state index contributed by atoms with van der Waals surface area (Å²) in [6.07, 6.45) is 2.26. The van der Waals surface area contributed by atoms with Crippen LogP contribution in [-0.2, 0) is 20.0 Å². The second kappa shape index (κ2) is 7.92. The average Bonchev–Trinajstić information content (AvgIpc) is 3.15. The van der Waals surface area contributed by atoms with Gasteiger partial charge in [-0.05, 0) is 30.7 Å². The maximum atomic E-state index is 12.6. The van der Waals surface area contributed by atoms with Crippen LogP contribution in [0.15, 0.2) is 57.7 Å². The highest BCUT2D eigenvalue weighted by molar-refractivity contribution is 8.19.